The molecule has 0 aliphatic rings. The molecule has 0 saturated heterocycles. The highest BCUT2D eigenvalue weighted by Crippen LogP contribution is 2.04. The zero-order valence-corrected chi connectivity index (χ0v) is 12.4. The smallest absolute Gasteiger partial charge is 0.244 e. The molecule has 7 heteroatoms. The predicted molar refractivity (Wildman–Crippen MR) is 76.5 cm³/mol. The summed E-state index contributed by atoms with van der Waals surface area (Å²) in [6.45, 7) is 5.67. The molecule has 3 amide bonds. The molecule has 0 saturated carbocycles. The van der Waals surface area contributed by atoms with E-state index in [1.54, 1.807) is 0 Å². The van der Waals surface area contributed by atoms with E-state index in [0.29, 0.717) is 19.3 Å². The van der Waals surface area contributed by atoms with Crippen LogP contribution in [0.4, 0.5) is 0 Å². The molecule has 2 atom stereocenters. The number of carbonyl (C=O) groups is 3. The standard InChI is InChI=1S/C13H26N4O3/c1-4-5-11(18)16-10(7-14)13(20)17-9(12(15)19)6-8(2)3/h8-10H,4-7,14H2,1-3H3,(H2,15,19)(H,16,18)(H,17,20). The summed E-state index contributed by atoms with van der Waals surface area (Å²) in [5, 5.41) is 5.07. The molecule has 6 N–H and O–H groups in total. The maximum absolute atomic E-state index is 12.0. The van der Waals surface area contributed by atoms with E-state index in [2.05, 4.69) is 10.6 Å². The van der Waals surface area contributed by atoms with Gasteiger partial charge >= 0.3 is 0 Å². The van der Waals surface area contributed by atoms with Crippen LogP contribution in [-0.4, -0.2) is 36.3 Å². The topological polar surface area (TPSA) is 127 Å². The minimum absolute atomic E-state index is 0.0333. The van der Waals surface area contributed by atoms with Crippen LogP contribution in [0.25, 0.3) is 0 Å². The number of nitrogens with one attached hydrogen (secondary N) is 2. The molecule has 0 aliphatic carbocycles. The Labute approximate surface area is 119 Å². The Morgan fingerprint density at radius 3 is 2.10 bits per heavy atom. The number of hydrogen-bond donors (Lipinski definition) is 4. The van der Waals surface area contributed by atoms with E-state index in [-0.39, 0.29) is 18.4 Å². The Hall–Kier alpha value is -1.63. The van der Waals surface area contributed by atoms with Crippen molar-refractivity contribution in [1.82, 2.24) is 10.6 Å². The number of primary amides is 1. The molecular weight excluding hydrogens is 260 g/mol. The van der Waals surface area contributed by atoms with Gasteiger partial charge in [0.2, 0.25) is 17.7 Å². The summed E-state index contributed by atoms with van der Waals surface area (Å²) in [7, 11) is 0. The van der Waals surface area contributed by atoms with Gasteiger partial charge in [0.05, 0.1) is 0 Å². The molecular formula is C13H26N4O3. The van der Waals surface area contributed by atoms with Gasteiger partial charge in [-0.25, -0.2) is 0 Å². The van der Waals surface area contributed by atoms with Crippen molar-refractivity contribution in [3.63, 3.8) is 0 Å². The van der Waals surface area contributed by atoms with Gasteiger partial charge in [-0.2, -0.15) is 0 Å². The molecule has 0 aliphatic heterocycles. The fourth-order valence-corrected chi connectivity index (χ4v) is 1.71. The summed E-state index contributed by atoms with van der Waals surface area (Å²) in [5.41, 5.74) is 10.7. The van der Waals surface area contributed by atoms with Crippen molar-refractivity contribution in [3.05, 3.63) is 0 Å². The highest BCUT2D eigenvalue weighted by Gasteiger charge is 2.24. The highest BCUT2D eigenvalue weighted by molar-refractivity contribution is 5.91. The molecule has 7 nitrogen and oxygen atoms in total. The van der Waals surface area contributed by atoms with E-state index in [9.17, 15) is 14.4 Å². The minimum atomic E-state index is -0.844. The second-order valence-electron chi connectivity index (χ2n) is 5.20. The van der Waals surface area contributed by atoms with Crippen molar-refractivity contribution in [2.45, 2.75) is 52.1 Å². The molecule has 0 aromatic heterocycles. The minimum Gasteiger partial charge on any atom is -0.368 e. The maximum atomic E-state index is 12.0. The molecule has 0 spiro atoms. The van der Waals surface area contributed by atoms with Crippen molar-refractivity contribution >= 4 is 17.7 Å². The Kier molecular flexibility index (Phi) is 8.54. The third-order valence-electron chi connectivity index (χ3n) is 2.73. The SMILES string of the molecule is CCCC(=O)NC(CN)C(=O)NC(CC(C)C)C(N)=O. The van der Waals surface area contributed by atoms with Gasteiger partial charge < -0.3 is 22.1 Å². The lowest BCUT2D eigenvalue weighted by Crippen LogP contribution is -2.55. The fourth-order valence-electron chi connectivity index (χ4n) is 1.71. The van der Waals surface area contributed by atoms with Crippen molar-refractivity contribution in [3.8, 4) is 0 Å². The largest absolute Gasteiger partial charge is 0.368 e. The van der Waals surface area contributed by atoms with Crippen molar-refractivity contribution in [2.24, 2.45) is 17.4 Å². The molecule has 0 heterocycles. The molecule has 0 radical (unpaired) electrons. The lowest BCUT2D eigenvalue weighted by molar-refractivity contribution is -0.131. The van der Waals surface area contributed by atoms with E-state index < -0.39 is 23.9 Å². The first-order valence-electron chi connectivity index (χ1n) is 6.90. The van der Waals surface area contributed by atoms with Crippen LogP contribution in [-0.2, 0) is 14.4 Å². The third kappa shape index (κ3) is 7.08. The van der Waals surface area contributed by atoms with Gasteiger partial charge in [-0.3, -0.25) is 14.4 Å². The average Bonchev–Trinajstić information content (AvgIpc) is 2.34. The zero-order chi connectivity index (χ0) is 15.7. The van der Waals surface area contributed by atoms with Crippen LogP contribution < -0.4 is 22.1 Å². The summed E-state index contributed by atoms with van der Waals surface area (Å²) in [6, 6.07) is -1.59. The van der Waals surface area contributed by atoms with E-state index in [1.165, 1.54) is 0 Å². The summed E-state index contributed by atoms with van der Waals surface area (Å²) < 4.78 is 0. The lowest BCUT2D eigenvalue weighted by atomic mass is 10.0. The second-order valence-corrected chi connectivity index (χ2v) is 5.20. The first kappa shape index (κ1) is 18.4. The molecule has 0 rings (SSSR count). The van der Waals surface area contributed by atoms with E-state index in [0.717, 1.165) is 0 Å². The van der Waals surface area contributed by atoms with Gasteiger partial charge in [0.25, 0.3) is 0 Å². The van der Waals surface area contributed by atoms with Crippen LogP contribution in [0.15, 0.2) is 0 Å². The molecule has 0 aromatic rings. The number of rotatable bonds is 9. The molecule has 116 valence electrons. The van der Waals surface area contributed by atoms with Crippen molar-refractivity contribution in [2.75, 3.05) is 6.54 Å². The normalized spacial score (nSPS) is 13.7. The first-order chi connectivity index (χ1) is 9.31. The zero-order valence-electron chi connectivity index (χ0n) is 12.4. The van der Waals surface area contributed by atoms with Gasteiger partial charge in [-0.05, 0) is 18.8 Å². The summed E-state index contributed by atoms with van der Waals surface area (Å²) in [6.07, 6.45) is 1.46. The molecule has 0 aromatic carbocycles. The lowest BCUT2D eigenvalue weighted by Gasteiger charge is -2.21. The van der Waals surface area contributed by atoms with Gasteiger partial charge in [0.1, 0.15) is 12.1 Å². The molecule has 0 fully saturated rings. The third-order valence-corrected chi connectivity index (χ3v) is 2.73. The van der Waals surface area contributed by atoms with Crippen LogP contribution in [0.1, 0.15) is 40.0 Å². The molecule has 0 bridgehead atoms. The van der Waals surface area contributed by atoms with E-state index in [4.69, 9.17) is 11.5 Å². The summed E-state index contributed by atoms with van der Waals surface area (Å²) in [4.78, 5) is 34.8. The predicted octanol–water partition coefficient (Wildman–Crippen LogP) is -0.754. The van der Waals surface area contributed by atoms with E-state index >= 15 is 0 Å². The molecule has 2 unspecified atom stereocenters. The summed E-state index contributed by atoms with van der Waals surface area (Å²) >= 11 is 0. The summed E-state index contributed by atoms with van der Waals surface area (Å²) in [5.74, 6) is -1.11. The van der Waals surface area contributed by atoms with Crippen LogP contribution in [0.3, 0.4) is 0 Å². The highest BCUT2D eigenvalue weighted by atomic mass is 16.2. The van der Waals surface area contributed by atoms with Crippen LogP contribution in [0, 0.1) is 5.92 Å². The van der Waals surface area contributed by atoms with Crippen molar-refractivity contribution in [1.29, 1.82) is 0 Å². The second kappa shape index (κ2) is 9.30. The Bertz CT molecular complexity index is 345. The maximum Gasteiger partial charge on any atom is 0.244 e. The Morgan fingerprint density at radius 1 is 1.10 bits per heavy atom. The van der Waals surface area contributed by atoms with Crippen LogP contribution in [0.2, 0.25) is 0 Å². The van der Waals surface area contributed by atoms with Crippen LogP contribution >= 0.6 is 0 Å². The average molecular weight is 286 g/mol. The van der Waals surface area contributed by atoms with Gasteiger partial charge in [0.15, 0.2) is 0 Å². The first-order valence-corrected chi connectivity index (χ1v) is 6.90. The molecule has 20 heavy (non-hydrogen) atoms. The van der Waals surface area contributed by atoms with Gasteiger partial charge in [-0.15, -0.1) is 0 Å². The fraction of sp³-hybridized carbons (Fsp3) is 0.769. The number of carbonyl (C=O) groups excluding carboxylic acids is 3. The number of amides is 3. The van der Waals surface area contributed by atoms with Gasteiger partial charge in [-0.1, -0.05) is 20.8 Å². The van der Waals surface area contributed by atoms with Crippen molar-refractivity contribution < 1.29 is 14.4 Å². The monoisotopic (exact) mass is 286 g/mol. The number of hydrogen-bond acceptors (Lipinski definition) is 4. The number of nitrogens with two attached hydrogens (primary N) is 2. The van der Waals surface area contributed by atoms with Gasteiger partial charge in [0, 0.05) is 13.0 Å². The van der Waals surface area contributed by atoms with Crippen LogP contribution in [0.5, 0.6) is 0 Å². The van der Waals surface area contributed by atoms with E-state index in [1.807, 2.05) is 20.8 Å². The Balaban J connectivity index is 4.58. The quantitative estimate of drug-likeness (QED) is 0.444. The Morgan fingerprint density at radius 2 is 1.70 bits per heavy atom.